The van der Waals surface area contributed by atoms with Crippen molar-refractivity contribution in [3.8, 4) is 5.75 Å². The Morgan fingerprint density at radius 2 is 2.08 bits per heavy atom. The highest BCUT2D eigenvalue weighted by molar-refractivity contribution is 7.94. The van der Waals surface area contributed by atoms with Crippen LogP contribution in [0.1, 0.15) is 6.92 Å². The number of anilines is 2. The van der Waals surface area contributed by atoms with Gasteiger partial charge in [0.25, 0.3) is 20.1 Å². The number of nitro groups is 1. The number of hydrogen-bond acceptors (Lipinski definition) is 9. The van der Waals surface area contributed by atoms with Crippen LogP contribution in [0.25, 0.3) is 0 Å². The maximum Gasteiger partial charge on any atom is 0.291 e. The van der Waals surface area contributed by atoms with Gasteiger partial charge in [0.2, 0.25) is 11.0 Å². The number of amides is 1. The van der Waals surface area contributed by atoms with Crippen LogP contribution in [-0.2, 0) is 14.8 Å². The number of nitro benzene ring substituents is 1. The lowest BCUT2D eigenvalue weighted by molar-refractivity contribution is -0.384. The number of rotatable bonds is 6. The molecule has 24 heavy (non-hydrogen) atoms. The van der Waals surface area contributed by atoms with Gasteiger partial charge >= 0.3 is 0 Å². The quantitative estimate of drug-likeness (QED) is 0.435. The molecule has 0 aliphatic rings. The van der Waals surface area contributed by atoms with Crippen molar-refractivity contribution in [2.24, 2.45) is 0 Å². The van der Waals surface area contributed by atoms with Crippen molar-refractivity contribution in [1.82, 2.24) is 10.2 Å². The minimum atomic E-state index is -4.16. The van der Waals surface area contributed by atoms with E-state index in [1.165, 1.54) is 26.2 Å². The van der Waals surface area contributed by atoms with Gasteiger partial charge in [0.1, 0.15) is 5.75 Å². The van der Waals surface area contributed by atoms with Crippen LogP contribution in [0.3, 0.4) is 0 Å². The average molecular weight is 373 g/mol. The number of aromatic nitrogens is 2. The third-order valence-corrected chi connectivity index (χ3v) is 5.13. The van der Waals surface area contributed by atoms with E-state index in [2.05, 4.69) is 20.2 Å². The predicted molar refractivity (Wildman–Crippen MR) is 84.7 cm³/mol. The molecule has 0 aliphatic heterocycles. The summed E-state index contributed by atoms with van der Waals surface area (Å²) in [6.07, 6.45) is 0. The van der Waals surface area contributed by atoms with Gasteiger partial charge in [0.15, 0.2) is 0 Å². The van der Waals surface area contributed by atoms with E-state index in [4.69, 9.17) is 4.74 Å². The molecule has 1 aromatic carbocycles. The van der Waals surface area contributed by atoms with E-state index >= 15 is 0 Å². The number of nitrogens with zero attached hydrogens (tertiary/aromatic N) is 3. The fraction of sp³-hybridized carbons (Fsp3) is 0.182. The molecule has 0 fully saturated rings. The van der Waals surface area contributed by atoms with Crippen molar-refractivity contribution in [3.63, 3.8) is 0 Å². The number of nitrogens with one attached hydrogen (secondary N) is 2. The summed E-state index contributed by atoms with van der Waals surface area (Å²) in [6.45, 7) is 1.24. The van der Waals surface area contributed by atoms with Crippen LogP contribution in [0.2, 0.25) is 0 Å². The smallest absolute Gasteiger partial charge is 0.291 e. The second-order valence-electron chi connectivity index (χ2n) is 4.30. The average Bonchev–Trinajstić information content (AvgIpc) is 2.95. The first kappa shape index (κ1) is 17.6. The SMILES string of the molecule is COc1ccc([N+](=O)[O-])cc1NS(=O)(=O)c1nnc(NC(C)=O)s1. The van der Waals surface area contributed by atoms with Gasteiger partial charge in [-0.15, -0.1) is 10.2 Å². The number of ether oxygens (including phenoxy) is 1. The topological polar surface area (TPSA) is 153 Å². The van der Waals surface area contributed by atoms with E-state index in [1.807, 2.05) is 0 Å². The summed E-state index contributed by atoms with van der Waals surface area (Å²) < 4.78 is 31.3. The van der Waals surface area contributed by atoms with Gasteiger partial charge in [-0.3, -0.25) is 19.6 Å². The molecular weight excluding hydrogens is 362 g/mol. The summed E-state index contributed by atoms with van der Waals surface area (Å²) in [6, 6.07) is 3.46. The third-order valence-electron chi connectivity index (χ3n) is 2.56. The molecule has 0 saturated heterocycles. The van der Waals surface area contributed by atoms with E-state index in [0.29, 0.717) is 11.3 Å². The molecule has 2 N–H and O–H groups in total. The molecule has 0 saturated carbocycles. The van der Waals surface area contributed by atoms with Crippen LogP contribution in [0.15, 0.2) is 22.5 Å². The molecule has 0 bridgehead atoms. The monoisotopic (exact) mass is 373 g/mol. The summed E-state index contributed by atoms with van der Waals surface area (Å²) in [5, 5.41) is 20.1. The maximum absolute atomic E-state index is 12.3. The lowest BCUT2D eigenvalue weighted by Gasteiger charge is -2.09. The summed E-state index contributed by atoms with van der Waals surface area (Å²) in [7, 11) is -2.87. The zero-order valence-electron chi connectivity index (χ0n) is 12.3. The minimum Gasteiger partial charge on any atom is -0.495 e. The molecule has 0 atom stereocenters. The maximum atomic E-state index is 12.3. The Balaban J connectivity index is 2.35. The van der Waals surface area contributed by atoms with Crippen molar-refractivity contribution in [3.05, 3.63) is 28.3 Å². The van der Waals surface area contributed by atoms with Crippen molar-refractivity contribution in [1.29, 1.82) is 0 Å². The molecule has 0 aliphatic carbocycles. The fourth-order valence-electron chi connectivity index (χ4n) is 1.60. The number of sulfonamides is 1. The van der Waals surface area contributed by atoms with Gasteiger partial charge in [-0.05, 0) is 6.07 Å². The van der Waals surface area contributed by atoms with E-state index in [1.54, 1.807) is 0 Å². The van der Waals surface area contributed by atoms with Crippen LogP contribution < -0.4 is 14.8 Å². The van der Waals surface area contributed by atoms with E-state index < -0.39 is 25.2 Å². The molecule has 0 radical (unpaired) electrons. The van der Waals surface area contributed by atoms with E-state index in [0.717, 1.165) is 6.07 Å². The summed E-state index contributed by atoms with van der Waals surface area (Å²) in [5.41, 5.74) is -0.437. The Hall–Kier alpha value is -2.80. The third kappa shape index (κ3) is 3.94. The van der Waals surface area contributed by atoms with Crippen LogP contribution in [-0.4, -0.2) is 36.6 Å². The number of carbonyl (C=O) groups is 1. The van der Waals surface area contributed by atoms with Gasteiger partial charge in [-0.25, -0.2) is 0 Å². The highest BCUT2D eigenvalue weighted by Crippen LogP contribution is 2.31. The Morgan fingerprint density at radius 3 is 2.67 bits per heavy atom. The van der Waals surface area contributed by atoms with E-state index in [-0.39, 0.29) is 22.3 Å². The Kier molecular flexibility index (Phi) is 4.94. The van der Waals surface area contributed by atoms with Crippen LogP contribution >= 0.6 is 11.3 Å². The first-order chi connectivity index (χ1) is 11.2. The Bertz CT molecular complexity index is 894. The molecule has 2 rings (SSSR count). The van der Waals surface area contributed by atoms with E-state index in [9.17, 15) is 23.3 Å². The van der Waals surface area contributed by atoms with Gasteiger partial charge in [0.05, 0.1) is 17.7 Å². The van der Waals surface area contributed by atoms with Gasteiger partial charge in [-0.1, -0.05) is 11.3 Å². The summed E-state index contributed by atoms with van der Waals surface area (Å²) in [4.78, 5) is 21.1. The predicted octanol–water partition coefficient (Wildman–Crippen LogP) is 1.21. The van der Waals surface area contributed by atoms with Crippen molar-refractivity contribution >= 4 is 43.8 Å². The number of benzene rings is 1. The molecule has 1 aromatic heterocycles. The van der Waals surface area contributed by atoms with Gasteiger partial charge in [0, 0.05) is 19.1 Å². The highest BCUT2D eigenvalue weighted by atomic mass is 32.2. The minimum absolute atomic E-state index is 0.00822. The normalized spacial score (nSPS) is 10.9. The first-order valence-electron chi connectivity index (χ1n) is 6.19. The summed E-state index contributed by atoms with van der Waals surface area (Å²) >= 11 is 0.632. The van der Waals surface area contributed by atoms with Crippen molar-refractivity contribution < 1.29 is 22.9 Å². The number of hydrogen-bond donors (Lipinski definition) is 2. The molecular formula is C11H11N5O6S2. The van der Waals surface area contributed by atoms with Gasteiger partial charge < -0.3 is 10.1 Å². The molecule has 0 unspecified atom stereocenters. The Morgan fingerprint density at radius 1 is 1.38 bits per heavy atom. The zero-order valence-corrected chi connectivity index (χ0v) is 14.0. The van der Waals surface area contributed by atoms with Crippen molar-refractivity contribution in [2.45, 2.75) is 11.3 Å². The van der Waals surface area contributed by atoms with Crippen LogP contribution in [0, 0.1) is 10.1 Å². The second kappa shape index (κ2) is 6.76. The Labute approximate surface area is 139 Å². The molecule has 0 spiro atoms. The van der Waals surface area contributed by atoms with Gasteiger partial charge in [-0.2, -0.15) is 8.42 Å². The fourth-order valence-corrected chi connectivity index (χ4v) is 3.61. The van der Waals surface area contributed by atoms with Crippen LogP contribution in [0.5, 0.6) is 5.75 Å². The molecule has 2 aromatic rings. The van der Waals surface area contributed by atoms with Crippen LogP contribution in [0.4, 0.5) is 16.5 Å². The summed E-state index contributed by atoms with van der Waals surface area (Å²) in [5.74, 6) is -0.334. The largest absolute Gasteiger partial charge is 0.495 e. The number of carbonyl (C=O) groups excluding carboxylic acids is 1. The molecule has 1 amide bonds. The first-order valence-corrected chi connectivity index (χ1v) is 8.49. The standard InChI is InChI=1S/C11H11N5O6S2/c1-6(17)12-10-13-14-11(23-10)24(20,21)15-8-5-7(16(18)19)3-4-9(8)22-2/h3-5,15H,1-2H3,(H,12,13,17). The lowest BCUT2D eigenvalue weighted by atomic mass is 10.2. The lowest BCUT2D eigenvalue weighted by Crippen LogP contribution is -2.13. The zero-order chi connectivity index (χ0) is 17.9. The number of non-ortho nitro benzene ring substituents is 1. The second-order valence-corrected chi connectivity index (χ2v) is 7.14. The highest BCUT2D eigenvalue weighted by Gasteiger charge is 2.23. The molecule has 1 heterocycles. The molecule has 128 valence electrons. The van der Waals surface area contributed by atoms with Crippen molar-refractivity contribution in [2.75, 3.05) is 17.1 Å². The molecule has 11 nitrogen and oxygen atoms in total. The number of methoxy groups -OCH3 is 1. The molecule has 13 heteroatoms.